The summed E-state index contributed by atoms with van der Waals surface area (Å²) in [7, 11) is 0. The first kappa shape index (κ1) is 14.7. The minimum absolute atomic E-state index is 0.0627. The van der Waals surface area contributed by atoms with E-state index in [2.05, 4.69) is 0 Å². The minimum Gasteiger partial charge on any atom is -0.755 e. The first-order valence-corrected chi connectivity index (χ1v) is 6.69. The van der Waals surface area contributed by atoms with Gasteiger partial charge in [0.2, 0.25) is 0 Å². The van der Waals surface area contributed by atoms with E-state index >= 15 is 0 Å². The quantitative estimate of drug-likeness (QED) is 0.605. The predicted molar refractivity (Wildman–Crippen MR) is 68.9 cm³/mol. The van der Waals surface area contributed by atoms with Crippen LogP contribution in [-0.2, 0) is 16.1 Å². The molecular formula is C12H16NO4S-. The van der Waals surface area contributed by atoms with Gasteiger partial charge < -0.3 is 14.0 Å². The van der Waals surface area contributed by atoms with Crippen molar-refractivity contribution in [2.75, 3.05) is 10.8 Å². The number of aliphatic carboxylic acids is 1. The smallest absolute Gasteiger partial charge is 0.303 e. The molecule has 5 nitrogen and oxygen atoms in total. The van der Waals surface area contributed by atoms with Crippen LogP contribution >= 0.6 is 0 Å². The Kier molecular flexibility index (Phi) is 5.80. The number of carboxylic acid groups (broad SMARTS) is 1. The Bertz CT molecular complexity index is 419. The molecular weight excluding hydrogens is 254 g/mol. The number of carbonyl (C=O) groups is 1. The van der Waals surface area contributed by atoms with Gasteiger partial charge >= 0.3 is 5.97 Å². The third kappa shape index (κ3) is 4.85. The van der Waals surface area contributed by atoms with Gasteiger partial charge in [0.1, 0.15) is 0 Å². The zero-order chi connectivity index (χ0) is 13.5. The van der Waals surface area contributed by atoms with E-state index in [0.717, 1.165) is 5.56 Å². The highest BCUT2D eigenvalue weighted by Gasteiger charge is 2.07. The van der Waals surface area contributed by atoms with Crippen molar-refractivity contribution in [1.82, 2.24) is 0 Å². The van der Waals surface area contributed by atoms with Gasteiger partial charge in [0.15, 0.2) is 0 Å². The highest BCUT2D eigenvalue weighted by Crippen LogP contribution is 2.17. The molecule has 1 aromatic rings. The summed E-state index contributed by atoms with van der Waals surface area (Å²) in [5.74, 6) is -0.861. The number of rotatable bonds is 7. The van der Waals surface area contributed by atoms with Gasteiger partial charge in [-0.25, -0.2) is 0 Å². The summed E-state index contributed by atoms with van der Waals surface area (Å²) in [6.07, 6.45) is 1.05. The summed E-state index contributed by atoms with van der Waals surface area (Å²) in [5.41, 5.74) is 1.66. The number of unbranched alkanes of at least 4 members (excludes halogenated alkanes) is 1. The van der Waals surface area contributed by atoms with Crippen LogP contribution in [0.4, 0.5) is 5.69 Å². The van der Waals surface area contributed by atoms with Crippen LogP contribution in [0.3, 0.4) is 0 Å². The zero-order valence-electron chi connectivity index (χ0n) is 10.2. The summed E-state index contributed by atoms with van der Waals surface area (Å²) >= 11 is -2.34. The van der Waals surface area contributed by atoms with E-state index in [1.807, 2.05) is 19.1 Å². The molecule has 1 atom stereocenters. The maximum Gasteiger partial charge on any atom is 0.303 e. The lowest BCUT2D eigenvalue weighted by atomic mass is 10.2. The second-order valence-corrected chi connectivity index (χ2v) is 4.88. The second kappa shape index (κ2) is 7.13. The molecule has 100 valence electrons. The lowest BCUT2D eigenvalue weighted by Gasteiger charge is -2.26. The fourth-order valence-electron chi connectivity index (χ4n) is 1.53. The molecule has 0 aliphatic carbocycles. The molecule has 0 aromatic heterocycles. The Hall–Kier alpha value is -1.40. The van der Waals surface area contributed by atoms with Gasteiger partial charge in [-0.05, 0) is 31.9 Å². The zero-order valence-corrected chi connectivity index (χ0v) is 11.0. The van der Waals surface area contributed by atoms with E-state index < -0.39 is 17.2 Å². The van der Waals surface area contributed by atoms with Gasteiger partial charge in [-0.1, -0.05) is 17.7 Å². The largest absolute Gasteiger partial charge is 0.755 e. The van der Waals surface area contributed by atoms with Crippen LogP contribution in [0.25, 0.3) is 0 Å². The standard InChI is InChI=1S/C12H17NO4S/c1-10-5-7-11(8-6-10)13(18(16)17)9-3-2-4-12(14)15/h5-8H,2-4,9H2,1H3,(H,14,15)(H,16,17)/p-1. The van der Waals surface area contributed by atoms with Gasteiger partial charge in [0.05, 0.1) is 0 Å². The molecule has 1 aromatic carbocycles. The Morgan fingerprint density at radius 2 is 1.94 bits per heavy atom. The number of benzene rings is 1. The average Bonchev–Trinajstić information content (AvgIpc) is 2.30. The molecule has 0 heterocycles. The Labute approximate surface area is 109 Å². The van der Waals surface area contributed by atoms with Crippen LogP contribution in [0.15, 0.2) is 24.3 Å². The Morgan fingerprint density at radius 3 is 2.44 bits per heavy atom. The molecule has 1 N–H and O–H groups in total. The van der Waals surface area contributed by atoms with Crippen molar-refractivity contribution in [3.05, 3.63) is 29.8 Å². The normalized spacial score (nSPS) is 12.1. The number of hydrogen-bond acceptors (Lipinski definition) is 3. The maximum absolute atomic E-state index is 11.1. The monoisotopic (exact) mass is 270 g/mol. The predicted octanol–water partition coefficient (Wildman–Crippen LogP) is 1.85. The van der Waals surface area contributed by atoms with Gasteiger partial charge in [0.25, 0.3) is 0 Å². The highest BCUT2D eigenvalue weighted by molar-refractivity contribution is 7.80. The molecule has 0 bridgehead atoms. The maximum atomic E-state index is 11.1. The van der Waals surface area contributed by atoms with E-state index in [4.69, 9.17) is 5.11 Å². The van der Waals surface area contributed by atoms with Crippen LogP contribution in [0.1, 0.15) is 24.8 Å². The third-order valence-corrected chi connectivity index (χ3v) is 3.26. The van der Waals surface area contributed by atoms with Crippen LogP contribution in [0.5, 0.6) is 0 Å². The third-order valence-electron chi connectivity index (χ3n) is 2.50. The Morgan fingerprint density at radius 1 is 1.33 bits per heavy atom. The first-order valence-electron chi connectivity index (χ1n) is 5.66. The van der Waals surface area contributed by atoms with E-state index in [1.165, 1.54) is 4.31 Å². The van der Waals surface area contributed by atoms with Crippen molar-refractivity contribution in [2.24, 2.45) is 0 Å². The fourth-order valence-corrected chi connectivity index (χ4v) is 2.10. The summed E-state index contributed by atoms with van der Waals surface area (Å²) in [5, 5.41) is 8.50. The van der Waals surface area contributed by atoms with Crippen molar-refractivity contribution in [3.63, 3.8) is 0 Å². The fraction of sp³-hybridized carbons (Fsp3) is 0.417. The summed E-state index contributed by atoms with van der Waals surface area (Å²) < 4.78 is 23.5. The molecule has 0 radical (unpaired) electrons. The van der Waals surface area contributed by atoms with Crippen molar-refractivity contribution in [2.45, 2.75) is 26.2 Å². The highest BCUT2D eigenvalue weighted by atomic mass is 32.2. The molecule has 0 amide bonds. The molecule has 0 spiro atoms. The molecule has 0 aliphatic heterocycles. The van der Waals surface area contributed by atoms with Crippen molar-refractivity contribution in [1.29, 1.82) is 0 Å². The summed E-state index contributed by atoms with van der Waals surface area (Å²) in [6.45, 7) is 2.22. The van der Waals surface area contributed by atoms with Crippen molar-refractivity contribution in [3.8, 4) is 0 Å². The van der Waals surface area contributed by atoms with E-state index in [0.29, 0.717) is 25.1 Å². The molecule has 1 unspecified atom stereocenters. The topological polar surface area (TPSA) is 80.7 Å². The first-order chi connectivity index (χ1) is 8.50. The summed E-state index contributed by atoms with van der Waals surface area (Å²) in [6, 6.07) is 7.16. The number of hydrogen-bond donors (Lipinski definition) is 1. The second-order valence-electron chi connectivity index (χ2n) is 4.01. The molecule has 0 aliphatic rings. The van der Waals surface area contributed by atoms with Crippen LogP contribution in [0, 0.1) is 6.92 Å². The molecule has 0 saturated carbocycles. The Balaban J connectivity index is 2.57. The van der Waals surface area contributed by atoms with Crippen molar-refractivity contribution < 1.29 is 18.7 Å². The lowest BCUT2D eigenvalue weighted by molar-refractivity contribution is -0.137. The minimum atomic E-state index is -2.34. The molecule has 6 heteroatoms. The molecule has 0 saturated heterocycles. The van der Waals surface area contributed by atoms with Gasteiger partial charge in [-0.15, -0.1) is 0 Å². The number of nitrogens with zero attached hydrogens (tertiary/aromatic N) is 1. The molecule has 0 fully saturated rings. The summed E-state index contributed by atoms with van der Waals surface area (Å²) in [4.78, 5) is 10.3. The van der Waals surface area contributed by atoms with Crippen LogP contribution in [-0.4, -0.2) is 26.4 Å². The van der Waals surface area contributed by atoms with Gasteiger partial charge in [0, 0.05) is 29.9 Å². The lowest BCUT2D eigenvalue weighted by Crippen LogP contribution is -2.26. The van der Waals surface area contributed by atoms with Crippen LogP contribution < -0.4 is 4.31 Å². The van der Waals surface area contributed by atoms with Crippen LogP contribution in [0.2, 0.25) is 0 Å². The number of carboxylic acids is 1. The van der Waals surface area contributed by atoms with Gasteiger partial charge in [-0.3, -0.25) is 9.00 Å². The number of aryl methyl sites for hydroxylation is 1. The SMILES string of the molecule is Cc1ccc(N(CCCCC(=O)O)S(=O)[O-])cc1. The van der Waals surface area contributed by atoms with Gasteiger partial charge in [-0.2, -0.15) is 0 Å². The van der Waals surface area contributed by atoms with E-state index in [9.17, 15) is 13.6 Å². The van der Waals surface area contributed by atoms with E-state index in [-0.39, 0.29) is 6.42 Å². The average molecular weight is 270 g/mol. The van der Waals surface area contributed by atoms with Crippen molar-refractivity contribution >= 4 is 22.9 Å². The number of anilines is 1. The van der Waals surface area contributed by atoms with E-state index in [1.54, 1.807) is 12.1 Å². The molecule has 1 rings (SSSR count). The molecule has 18 heavy (non-hydrogen) atoms.